The Bertz CT molecular complexity index is 318. The number of hydrogen-bond acceptors (Lipinski definition) is 1. The van der Waals surface area contributed by atoms with Gasteiger partial charge in [-0.1, -0.05) is 66.2 Å². The van der Waals surface area contributed by atoms with Gasteiger partial charge in [0.25, 0.3) is 0 Å². The lowest BCUT2D eigenvalue weighted by atomic mass is 9.98. The first-order valence-electron chi connectivity index (χ1n) is 9.48. The van der Waals surface area contributed by atoms with E-state index in [1.165, 1.54) is 38.5 Å². The zero-order chi connectivity index (χ0) is 17.7. The van der Waals surface area contributed by atoms with E-state index in [4.69, 9.17) is 16.9 Å². The Morgan fingerprint density at radius 3 is 1.61 bits per heavy atom. The van der Waals surface area contributed by atoms with E-state index in [1.54, 1.807) is 0 Å². The van der Waals surface area contributed by atoms with Crippen molar-refractivity contribution < 1.29 is 0 Å². The summed E-state index contributed by atoms with van der Waals surface area (Å²) in [6.07, 6.45) is 11.6. The highest BCUT2D eigenvalue weighted by Gasteiger charge is 2.26. The van der Waals surface area contributed by atoms with Gasteiger partial charge >= 0.3 is 0 Å². The Hall–Kier alpha value is -1.26. The molecule has 0 spiro atoms. The monoisotopic (exact) mass is 325 g/mol. The predicted molar refractivity (Wildman–Crippen MR) is 102 cm³/mol. The maximum atomic E-state index is 8.38. The van der Waals surface area contributed by atoms with Gasteiger partial charge in [-0.15, -0.1) is 0 Å². The summed E-state index contributed by atoms with van der Waals surface area (Å²) in [4.78, 5) is 6.24. The lowest BCUT2D eigenvalue weighted by Gasteiger charge is -2.38. The van der Waals surface area contributed by atoms with Gasteiger partial charge in [0.1, 0.15) is 0 Å². The number of hydrogen-bond donors (Lipinski definition) is 3. The highest BCUT2D eigenvalue weighted by Crippen LogP contribution is 2.22. The maximum Gasteiger partial charge on any atom is 0.221 e. The fourth-order valence-electron chi connectivity index (χ4n) is 3.16. The minimum atomic E-state index is -0.0215. The molecule has 23 heavy (non-hydrogen) atoms. The second-order valence-corrected chi connectivity index (χ2v) is 6.38. The molecule has 5 nitrogen and oxygen atoms in total. The van der Waals surface area contributed by atoms with Crippen LogP contribution in [0.3, 0.4) is 0 Å². The molecule has 0 amide bonds. The fraction of sp³-hybridized carbons (Fsp3) is 0.889. The number of nitrogens with one attached hydrogen (secondary N) is 1. The summed E-state index contributed by atoms with van der Waals surface area (Å²) in [5.74, 6) is 0.212. The molecule has 0 aromatic rings. The molecule has 0 aromatic carbocycles. The Balaban J connectivity index is 5.14. The van der Waals surface area contributed by atoms with Crippen molar-refractivity contribution in [2.75, 3.05) is 0 Å². The maximum absolute atomic E-state index is 8.38. The van der Waals surface area contributed by atoms with E-state index in [2.05, 4.69) is 37.6 Å². The van der Waals surface area contributed by atoms with Crippen LogP contribution in [-0.4, -0.2) is 28.9 Å². The van der Waals surface area contributed by atoms with Crippen molar-refractivity contribution in [3.63, 3.8) is 0 Å². The highest BCUT2D eigenvalue weighted by atomic mass is 15.3. The van der Waals surface area contributed by atoms with Gasteiger partial charge in [0.15, 0.2) is 5.96 Å². The quantitative estimate of drug-likeness (QED) is 0.285. The largest absolute Gasteiger partial charge is 0.370 e. The molecule has 0 aliphatic heterocycles. The van der Waals surface area contributed by atoms with E-state index in [9.17, 15) is 0 Å². The first kappa shape index (κ1) is 21.7. The van der Waals surface area contributed by atoms with Gasteiger partial charge in [-0.2, -0.15) is 4.99 Å². The van der Waals surface area contributed by atoms with E-state index in [0.717, 1.165) is 25.7 Å². The van der Waals surface area contributed by atoms with Crippen molar-refractivity contribution >= 4 is 11.9 Å². The standard InChI is InChI=1S/C18H39N5/c1-5-9-11-13-15(7-3)23(18(21)22-17(19)20)16(8-4)14-12-10-6-2/h15-16H,5-14H2,1-4H3,(H5,19,20,21,22). The molecule has 0 bridgehead atoms. The normalized spacial score (nSPS) is 13.4. The number of rotatable bonds is 12. The molecule has 0 saturated carbocycles. The molecule has 2 unspecified atom stereocenters. The molecule has 0 aliphatic carbocycles. The SMILES string of the molecule is CCCCCC(CC)N(C(=N)N=C(N)N)C(CC)CCCCC. The van der Waals surface area contributed by atoms with Gasteiger partial charge in [0.2, 0.25) is 5.96 Å². The van der Waals surface area contributed by atoms with Crippen molar-refractivity contribution in [1.82, 2.24) is 4.90 Å². The molecule has 0 rings (SSSR count). The summed E-state index contributed by atoms with van der Waals surface area (Å²) in [5.41, 5.74) is 11.0. The van der Waals surface area contributed by atoms with Gasteiger partial charge in [-0.05, 0) is 25.7 Å². The smallest absolute Gasteiger partial charge is 0.221 e. The molecule has 0 aromatic heterocycles. The average Bonchev–Trinajstić information content (AvgIpc) is 2.51. The molecule has 0 aliphatic rings. The van der Waals surface area contributed by atoms with Crippen LogP contribution in [0.5, 0.6) is 0 Å². The third-order valence-electron chi connectivity index (χ3n) is 4.49. The molecule has 5 N–H and O–H groups in total. The van der Waals surface area contributed by atoms with Crippen LogP contribution >= 0.6 is 0 Å². The molecular formula is C18H39N5. The second kappa shape index (κ2) is 13.2. The summed E-state index contributed by atoms with van der Waals surface area (Å²) in [6, 6.07) is 0.701. The zero-order valence-electron chi connectivity index (χ0n) is 15.8. The summed E-state index contributed by atoms with van der Waals surface area (Å²) >= 11 is 0. The number of nitrogens with two attached hydrogens (primary N) is 2. The van der Waals surface area contributed by atoms with Crippen LogP contribution < -0.4 is 11.5 Å². The Morgan fingerprint density at radius 2 is 1.30 bits per heavy atom. The van der Waals surface area contributed by atoms with Gasteiger partial charge in [-0.3, -0.25) is 5.41 Å². The van der Waals surface area contributed by atoms with Crippen LogP contribution in [0.1, 0.15) is 91.9 Å². The molecule has 0 fully saturated rings. The number of nitrogens with zero attached hydrogens (tertiary/aromatic N) is 2. The first-order valence-corrected chi connectivity index (χ1v) is 9.48. The zero-order valence-corrected chi connectivity index (χ0v) is 15.8. The third kappa shape index (κ3) is 8.82. The van der Waals surface area contributed by atoms with Crippen LogP contribution in [0.4, 0.5) is 0 Å². The van der Waals surface area contributed by atoms with Crippen LogP contribution in [0.15, 0.2) is 4.99 Å². The van der Waals surface area contributed by atoms with Gasteiger partial charge in [-0.25, -0.2) is 0 Å². The van der Waals surface area contributed by atoms with E-state index in [1.807, 2.05) is 0 Å². The highest BCUT2D eigenvalue weighted by molar-refractivity contribution is 5.92. The van der Waals surface area contributed by atoms with Crippen LogP contribution in [0.25, 0.3) is 0 Å². The van der Waals surface area contributed by atoms with Crippen LogP contribution in [-0.2, 0) is 0 Å². The lowest BCUT2D eigenvalue weighted by molar-refractivity contribution is 0.194. The summed E-state index contributed by atoms with van der Waals surface area (Å²) in [7, 11) is 0. The van der Waals surface area contributed by atoms with Gasteiger partial charge in [0.05, 0.1) is 0 Å². The Kier molecular flexibility index (Phi) is 12.5. The third-order valence-corrected chi connectivity index (χ3v) is 4.49. The predicted octanol–water partition coefficient (Wildman–Crippen LogP) is 4.21. The minimum Gasteiger partial charge on any atom is -0.370 e. The summed E-state index contributed by atoms with van der Waals surface area (Å²) in [6.45, 7) is 8.84. The molecule has 5 heteroatoms. The second-order valence-electron chi connectivity index (χ2n) is 6.38. The van der Waals surface area contributed by atoms with E-state index < -0.39 is 0 Å². The number of aliphatic imine (C=N–C) groups is 1. The molecule has 2 atom stereocenters. The fourth-order valence-corrected chi connectivity index (χ4v) is 3.16. The first-order chi connectivity index (χ1) is 11.0. The number of guanidine groups is 2. The Morgan fingerprint density at radius 1 is 0.870 bits per heavy atom. The minimum absolute atomic E-state index is 0.0215. The van der Waals surface area contributed by atoms with E-state index >= 15 is 0 Å². The van der Waals surface area contributed by atoms with Crippen molar-refractivity contribution in [1.29, 1.82) is 5.41 Å². The van der Waals surface area contributed by atoms with Crippen LogP contribution in [0.2, 0.25) is 0 Å². The van der Waals surface area contributed by atoms with E-state index in [-0.39, 0.29) is 11.9 Å². The molecule has 0 heterocycles. The summed E-state index contributed by atoms with van der Waals surface area (Å²) < 4.78 is 0. The lowest BCUT2D eigenvalue weighted by Crippen LogP contribution is -2.47. The van der Waals surface area contributed by atoms with E-state index in [0.29, 0.717) is 12.1 Å². The van der Waals surface area contributed by atoms with Gasteiger partial charge in [0, 0.05) is 12.1 Å². The molecule has 136 valence electrons. The molecular weight excluding hydrogens is 286 g/mol. The average molecular weight is 326 g/mol. The summed E-state index contributed by atoms with van der Waals surface area (Å²) in [5, 5.41) is 8.38. The Labute approximate surface area is 143 Å². The van der Waals surface area contributed by atoms with Crippen molar-refractivity contribution in [3.8, 4) is 0 Å². The van der Waals surface area contributed by atoms with Crippen LogP contribution in [0, 0.1) is 5.41 Å². The van der Waals surface area contributed by atoms with Crippen molar-refractivity contribution in [2.45, 2.75) is 104 Å². The molecule has 0 saturated heterocycles. The van der Waals surface area contributed by atoms with Crippen molar-refractivity contribution in [3.05, 3.63) is 0 Å². The molecule has 0 radical (unpaired) electrons. The van der Waals surface area contributed by atoms with Gasteiger partial charge < -0.3 is 16.4 Å². The topological polar surface area (TPSA) is 91.5 Å². The van der Waals surface area contributed by atoms with Crippen molar-refractivity contribution in [2.24, 2.45) is 16.5 Å². The number of unbranched alkanes of at least 4 members (excludes halogenated alkanes) is 4.